The molecule has 0 saturated carbocycles. The smallest absolute Gasteiger partial charge is 0.349 e. The molecular weight excluding hydrogens is 350 g/mol. The molecule has 1 saturated heterocycles. The van der Waals surface area contributed by atoms with Gasteiger partial charge >= 0.3 is 5.97 Å². The predicted octanol–water partition coefficient (Wildman–Crippen LogP) is 2.46. The second-order valence-electron chi connectivity index (χ2n) is 4.96. The summed E-state index contributed by atoms with van der Waals surface area (Å²) in [5, 5.41) is 2.98. The van der Waals surface area contributed by atoms with E-state index < -0.39 is 5.97 Å². The van der Waals surface area contributed by atoms with E-state index in [1.165, 1.54) is 19.5 Å². The number of amides is 1. The van der Waals surface area contributed by atoms with Crippen LogP contribution in [0.15, 0.2) is 24.5 Å². The van der Waals surface area contributed by atoms with Gasteiger partial charge in [0.1, 0.15) is 11.0 Å². The first kappa shape index (κ1) is 16.7. The lowest BCUT2D eigenvalue weighted by Crippen LogP contribution is -2.17. The van der Waals surface area contributed by atoms with Gasteiger partial charge < -0.3 is 9.47 Å². The fraction of sp³-hybridized carbons (Fsp3) is 0.333. The average molecular weight is 365 g/mol. The number of aromatic nitrogens is 2. The Kier molecular flexibility index (Phi) is 5.31. The summed E-state index contributed by atoms with van der Waals surface area (Å²) >= 11 is 2.90. The SMILES string of the molecule is COC(=O)c1cnc(NC(=O)c2ccnc(OC3CCSC3)c2)s1. The lowest BCUT2D eigenvalue weighted by atomic mass is 10.2. The van der Waals surface area contributed by atoms with Gasteiger partial charge in [0, 0.05) is 23.6 Å². The number of methoxy groups -OCH3 is 1. The van der Waals surface area contributed by atoms with E-state index in [0.717, 1.165) is 29.3 Å². The van der Waals surface area contributed by atoms with Crippen molar-refractivity contribution >= 4 is 40.1 Å². The number of hydrogen-bond acceptors (Lipinski definition) is 8. The van der Waals surface area contributed by atoms with E-state index in [1.54, 1.807) is 12.1 Å². The molecule has 1 unspecified atom stereocenters. The first-order valence-electron chi connectivity index (χ1n) is 7.21. The number of nitrogens with zero attached hydrogens (tertiary/aromatic N) is 2. The van der Waals surface area contributed by atoms with Gasteiger partial charge in [-0.2, -0.15) is 11.8 Å². The van der Waals surface area contributed by atoms with Gasteiger partial charge in [-0.25, -0.2) is 14.8 Å². The maximum absolute atomic E-state index is 12.3. The highest BCUT2D eigenvalue weighted by molar-refractivity contribution is 7.99. The summed E-state index contributed by atoms with van der Waals surface area (Å²) < 4.78 is 10.4. The van der Waals surface area contributed by atoms with Crippen LogP contribution in [0, 0.1) is 0 Å². The number of thioether (sulfide) groups is 1. The van der Waals surface area contributed by atoms with Gasteiger partial charge in [0.05, 0.1) is 13.3 Å². The zero-order chi connectivity index (χ0) is 16.9. The monoisotopic (exact) mass is 365 g/mol. The molecule has 2 aromatic heterocycles. The second-order valence-corrected chi connectivity index (χ2v) is 7.14. The standard InChI is InChI=1S/C15H15N3O4S2/c1-21-14(20)11-7-17-15(24-11)18-13(19)9-2-4-16-12(6-9)22-10-3-5-23-8-10/h2,4,6-7,10H,3,5,8H2,1H3,(H,17,18,19). The van der Waals surface area contributed by atoms with Crippen LogP contribution in [0.5, 0.6) is 5.88 Å². The molecule has 24 heavy (non-hydrogen) atoms. The molecule has 1 N–H and O–H groups in total. The summed E-state index contributed by atoms with van der Waals surface area (Å²) in [5.74, 6) is 1.63. The second kappa shape index (κ2) is 7.63. The lowest BCUT2D eigenvalue weighted by Gasteiger charge is -2.11. The van der Waals surface area contributed by atoms with Crippen molar-refractivity contribution in [3.8, 4) is 5.88 Å². The van der Waals surface area contributed by atoms with E-state index in [4.69, 9.17) is 4.74 Å². The first-order chi connectivity index (χ1) is 11.7. The van der Waals surface area contributed by atoms with Crippen LogP contribution in [0.3, 0.4) is 0 Å². The van der Waals surface area contributed by atoms with E-state index in [9.17, 15) is 9.59 Å². The van der Waals surface area contributed by atoms with Gasteiger partial charge in [0.15, 0.2) is 5.13 Å². The number of nitrogens with one attached hydrogen (secondary N) is 1. The van der Waals surface area contributed by atoms with E-state index in [2.05, 4.69) is 20.0 Å². The van der Waals surface area contributed by atoms with Crippen LogP contribution in [0.4, 0.5) is 5.13 Å². The molecule has 0 aromatic carbocycles. The topological polar surface area (TPSA) is 90.4 Å². The molecule has 3 rings (SSSR count). The molecule has 7 nitrogen and oxygen atoms in total. The summed E-state index contributed by atoms with van der Waals surface area (Å²) in [6.45, 7) is 0. The number of thiazole rings is 1. The van der Waals surface area contributed by atoms with E-state index in [-0.39, 0.29) is 12.0 Å². The van der Waals surface area contributed by atoms with Crippen LogP contribution in [0.25, 0.3) is 0 Å². The largest absolute Gasteiger partial charge is 0.473 e. The number of carbonyl (C=O) groups excluding carboxylic acids is 2. The minimum absolute atomic E-state index is 0.141. The van der Waals surface area contributed by atoms with Crippen molar-refractivity contribution in [2.45, 2.75) is 12.5 Å². The Morgan fingerprint density at radius 2 is 2.25 bits per heavy atom. The minimum Gasteiger partial charge on any atom is -0.473 e. The molecule has 0 spiro atoms. The van der Waals surface area contributed by atoms with Crippen LogP contribution in [-0.4, -0.2) is 46.6 Å². The number of carbonyl (C=O) groups is 2. The van der Waals surface area contributed by atoms with Crippen LogP contribution in [-0.2, 0) is 4.74 Å². The Balaban J connectivity index is 1.66. The van der Waals surface area contributed by atoms with E-state index in [1.807, 2.05) is 11.8 Å². The molecule has 126 valence electrons. The maximum Gasteiger partial charge on any atom is 0.349 e. The molecule has 1 atom stereocenters. The lowest BCUT2D eigenvalue weighted by molar-refractivity contribution is 0.0606. The van der Waals surface area contributed by atoms with Crippen molar-refractivity contribution in [2.24, 2.45) is 0 Å². The van der Waals surface area contributed by atoms with Gasteiger partial charge in [-0.05, 0) is 18.2 Å². The Morgan fingerprint density at radius 1 is 1.38 bits per heavy atom. The predicted molar refractivity (Wildman–Crippen MR) is 92.0 cm³/mol. The highest BCUT2D eigenvalue weighted by Crippen LogP contribution is 2.23. The van der Waals surface area contributed by atoms with Crippen molar-refractivity contribution < 1.29 is 19.1 Å². The number of anilines is 1. The fourth-order valence-electron chi connectivity index (χ4n) is 2.09. The van der Waals surface area contributed by atoms with Gasteiger partial charge in [0.2, 0.25) is 5.88 Å². The van der Waals surface area contributed by atoms with Crippen LogP contribution < -0.4 is 10.1 Å². The Labute approximate surface area is 146 Å². The number of pyridine rings is 1. The maximum atomic E-state index is 12.3. The van der Waals surface area contributed by atoms with E-state index in [0.29, 0.717) is 21.5 Å². The Morgan fingerprint density at radius 3 is 3.00 bits per heavy atom. The van der Waals surface area contributed by atoms with E-state index >= 15 is 0 Å². The Hall–Kier alpha value is -2.13. The Bertz CT molecular complexity index is 744. The van der Waals surface area contributed by atoms with Crippen molar-refractivity contribution in [2.75, 3.05) is 23.9 Å². The van der Waals surface area contributed by atoms with Crippen molar-refractivity contribution in [3.63, 3.8) is 0 Å². The highest BCUT2D eigenvalue weighted by Gasteiger charge is 2.19. The third kappa shape index (κ3) is 4.04. The van der Waals surface area contributed by atoms with Gasteiger partial charge in [-0.15, -0.1) is 0 Å². The molecule has 3 heterocycles. The molecule has 0 aliphatic carbocycles. The minimum atomic E-state index is -0.484. The van der Waals surface area contributed by atoms with Gasteiger partial charge in [0.25, 0.3) is 5.91 Å². The normalized spacial score (nSPS) is 16.6. The molecular formula is C15H15N3O4S2. The summed E-state index contributed by atoms with van der Waals surface area (Å²) in [4.78, 5) is 32.2. The molecule has 1 amide bonds. The molecule has 1 aliphatic heterocycles. The summed E-state index contributed by atoms with van der Waals surface area (Å²) in [6, 6.07) is 3.20. The van der Waals surface area contributed by atoms with Crippen LogP contribution >= 0.6 is 23.1 Å². The molecule has 9 heteroatoms. The zero-order valence-electron chi connectivity index (χ0n) is 12.9. The van der Waals surface area contributed by atoms with Crippen LogP contribution in [0.2, 0.25) is 0 Å². The van der Waals surface area contributed by atoms with Crippen molar-refractivity contribution in [1.82, 2.24) is 9.97 Å². The number of ether oxygens (including phenoxy) is 2. The van der Waals surface area contributed by atoms with Gasteiger partial charge in [-0.3, -0.25) is 10.1 Å². The van der Waals surface area contributed by atoms with Crippen molar-refractivity contribution in [1.29, 1.82) is 0 Å². The molecule has 0 radical (unpaired) electrons. The first-order valence-corrected chi connectivity index (χ1v) is 9.19. The van der Waals surface area contributed by atoms with Crippen molar-refractivity contribution in [3.05, 3.63) is 35.0 Å². The van der Waals surface area contributed by atoms with Crippen LogP contribution in [0.1, 0.15) is 26.5 Å². The molecule has 1 fully saturated rings. The summed E-state index contributed by atoms with van der Waals surface area (Å²) in [7, 11) is 1.29. The molecule has 0 bridgehead atoms. The quantitative estimate of drug-likeness (QED) is 0.814. The van der Waals surface area contributed by atoms with Gasteiger partial charge in [-0.1, -0.05) is 11.3 Å². The summed E-state index contributed by atoms with van der Waals surface area (Å²) in [6.07, 6.45) is 4.03. The third-order valence-electron chi connectivity index (χ3n) is 3.29. The average Bonchev–Trinajstić information content (AvgIpc) is 3.26. The fourth-order valence-corrected chi connectivity index (χ4v) is 3.91. The molecule has 2 aromatic rings. The highest BCUT2D eigenvalue weighted by atomic mass is 32.2. The summed E-state index contributed by atoms with van der Waals surface area (Å²) in [5.41, 5.74) is 0.417. The number of hydrogen-bond donors (Lipinski definition) is 1. The number of esters is 1. The zero-order valence-corrected chi connectivity index (χ0v) is 14.5. The molecule has 1 aliphatic rings. The number of rotatable bonds is 5. The third-order valence-corrected chi connectivity index (χ3v) is 5.31.